The topological polar surface area (TPSA) is 55.0 Å². The van der Waals surface area contributed by atoms with E-state index in [1.165, 1.54) is 0 Å². The van der Waals surface area contributed by atoms with Crippen LogP contribution in [0.3, 0.4) is 0 Å². The van der Waals surface area contributed by atoms with Crippen LogP contribution in [0.2, 0.25) is 0 Å². The van der Waals surface area contributed by atoms with E-state index in [9.17, 15) is 0 Å². The van der Waals surface area contributed by atoms with Crippen molar-refractivity contribution in [3.05, 3.63) is 24.3 Å². The van der Waals surface area contributed by atoms with Crippen LogP contribution in [0.5, 0.6) is 0 Å². The minimum Gasteiger partial charge on any atom is -0.329 e. The molecule has 2 unspecified atom stereocenters. The first kappa shape index (κ1) is 14.4. The number of hydrogen-bond donors (Lipinski definition) is 1. The lowest BCUT2D eigenvalue weighted by Crippen LogP contribution is -2.40. The summed E-state index contributed by atoms with van der Waals surface area (Å²) in [6.07, 6.45) is 6.62. The number of aromatic nitrogens is 2. The molecule has 17 heavy (non-hydrogen) atoms. The van der Waals surface area contributed by atoms with Crippen LogP contribution in [0, 0.1) is 0 Å². The summed E-state index contributed by atoms with van der Waals surface area (Å²) >= 11 is 1.87. The number of nitrogens with zero attached hydrogens (tertiary/aromatic N) is 3. The van der Waals surface area contributed by atoms with Crippen LogP contribution in [0.1, 0.15) is 25.1 Å². The molecule has 1 rings (SSSR count). The van der Waals surface area contributed by atoms with Crippen molar-refractivity contribution in [2.24, 2.45) is 5.73 Å². The van der Waals surface area contributed by atoms with E-state index >= 15 is 0 Å². The Labute approximate surface area is 108 Å². The van der Waals surface area contributed by atoms with E-state index in [0.29, 0.717) is 12.6 Å². The largest absolute Gasteiger partial charge is 0.329 e. The van der Waals surface area contributed by atoms with Gasteiger partial charge in [0.15, 0.2) is 0 Å². The van der Waals surface area contributed by atoms with Gasteiger partial charge in [0, 0.05) is 24.5 Å². The maximum Gasteiger partial charge on any atom is 0.115 e. The van der Waals surface area contributed by atoms with E-state index in [1.807, 2.05) is 17.8 Å². The molecule has 0 aromatic carbocycles. The fourth-order valence-electron chi connectivity index (χ4n) is 1.96. The second-order valence-corrected chi connectivity index (χ2v) is 4.98. The van der Waals surface area contributed by atoms with Gasteiger partial charge < -0.3 is 5.73 Å². The Morgan fingerprint density at radius 3 is 2.76 bits per heavy atom. The van der Waals surface area contributed by atoms with Gasteiger partial charge in [-0.1, -0.05) is 6.92 Å². The molecule has 0 amide bonds. The van der Waals surface area contributed by atoms with Crippen LogP contribution in [0.25, 0.3) is 0 Å². The van der Waals surface area contributed by atoms with Crippen molar-refractivity contribution < 1.29 is 0 Å². The second-order valence-electron chi connectivity index (χ2n) is 4.07. The molecule has 0 aliphatic carbocycles. The Kier molecular flexibility index (Phi) is 6.47. The van der Waals surface area contributed by atoms with Gasteiger partial charge in [-0.3, -0.25) is 4.90 Å². The fourth-order valence-corrected chi connectivity index (χ4v) is 2.82. The zero-order chi connectivity index (χ0) is 12.7. The Morgan fingerprint density at radius 2 is 2.29 bits per heavy atom. The lowest BCUT2D eigenvalue weighted by Gasteiger charge is -2.33. The third-order valence-corrected chi connectivity index (χ3v) is 3.79. The zero-order valence-corrected chi connectivity index (χ0v) is 11.7. The quantitative estimate of drug-likeness (QED) is 0.800. The minimum atomic E-state index is 0.176. The van der Waals surface area contributed by atoms with Crippen molar-refractivity contribution in [2.75, 3.05) is 25.6 Å². The van der Waals surface area contributed by atoms with Crippen LogP contribution in [0.15, 0.2) is 18.6 Å². The summed E-state index contributed by atoms with van der Waals surface area (Å²) in [5.41, 5.74) is 6.89. The van der Waals surface area contributed by atoms with Crippen LogP contribution in [-0.2, 0) is 0 Å². The van der Waals surface area contributed by atoms with E-state index < -0.39 is 0 Å². The average Bonchev–Trinajstić information content (AvgIpc) is 2.38. The Balaban J connectivity index is 2.79. The third-order valence-electron chi connectivity index (χ3n) is 3.07. The van der Waals surface area contributed by atoms with Gasteiger partial charge in [-0.2, -0.15) is 11.8 Å². The number of likely N-dealkylation sites (N-methyl/N-ethyl adjacent to an activating group) is 1. The summed E-state index contributed by atoms with van der Waals surface area (Å²) in [5, 5.41) is 0. The van der Waals surface area contributed by atoms with Crippen LogP contribution in [0.4, 0.5) is 0 Å². The first-order valence-electron chi connectivity index (χ1n) is 5.91. The van der Waals surface area contributed by atoms with Crippen molar-refractivity contribution in [3.63, 3.8) is 0 Å². The molecule has 1 heterocycles. The van der Waals surface area contributed by atoms with E-state index in [-0.39, 0.29) is 6.04 Å². The maximum absolute atomic E-state index is 5.89. The summed E-state index contributed by atoms with van der Waals surface area (Å²) in [5.74, 6) is 1.12. The van der Waals surface area contributed by atoms with Gasteiger partial charge in [0.2, 0.25) is 0 Å². The molecule has 4 nitrogen and oxygen atoms in total. The van der Waals surface area contributed by atoms with Crippen molar-refractivity contribution >= 4 is 11.8 Å². The molecule has 0 radical (unpaired) electrons. The molecule has 0 bridgehead atoms. The van der Waals surface area contributed by atoms with Gasteiger partial charge in [-0.05, 0) is 25.8 Å². The van der Waals surface area contributed by atoms with Crippen LogP contribution < -0.4 is 5.73 Å². The smallest absolute Gasteiger partial charge is 0.115 e. The van der Waals surface area contributed by atoms with Crippen molar-refractivity contribution in [2.45, 2.75) is 25.4 Å². The molecule has 1 aromatic rings. The van der Waals surface area contributed by atoms with E-state index in [4.69, 9.17) is 5.73 Å². The molecular weight excluding hydrogens is 232 g/mol. The van der Waals surface area contributed by atoms with Crippen molar-refractivity contribution in [1.82, 2.24) is 14.9 Å². The molecule has 0 fully saturated rings. The standard InChI is InChI=1S/C12H22N4S/c1-4-10(8-17-3)16(2)12(7-13)11-5-6-14-9-15-11/h5-6,9-10,12H,4,7-8,13H2,1-3H3. The Hall–Kier alpha value is -0.650. The number of thioether (sulfide) groups is 1. The van der Waals surface area contributed by atoms with Gasteiger partial charge >= 0.3 is 0 Å². The summed E-state index contributed by atoms with van der Waals surface area (Å²) in [7, 11) is 2.13. The molecule has 0 saturated carbocycles. The second kappa shape index (κ2) is 7.63. The molecular formula is C12H22N4S. The predicted octanol–water partition coefficient (Wildman–Crippen LogP) is 1.55. The van der Waals surface area contributed by atoms with Gasteiger partial charge in [0.1, 0.15) is 6.33 Å². The average molecular weight is 254 g/mol. The molecule has 0 saturated heterocycles. The highest BCUT2D eigenvalue weighted by Crippen LogP contribution is 2.20. The maximum atomic E-state index is 5.89. The summed E-state index contributed by atoms with van der Waals surface area (Å²) in [6, 6.07) is 2.66. The zero-order valence-electron chi connectivity index (χ0n) is 10.8. The van der Waals surface area contributed by atoms with E-state index in [0.717, 1.165) is 17.9 Å². The van der Waals surface area contributed by atoms with Crippen LogP contribution >= 0.6 is 11.8 Å². The SMILES string of the molecule is CCC(CSC)N(C)C(CN)c1ccncn1. The Bertz CT molecular complexity index is 307. The fraction of sp³-hybridized carbons (Fsp3) is 0.667. The summed E-state index contributed by atoms with van der Waals surface area (Å²) in [6.45, 7) is 2.79. The van der Waals surface area contributed by atoms with Gasteiger partial charge in [0.05, 0.1) is 11.7 Å². The highest BCUT2D eigenvalue weighted by molar-refractivity contribution is 7.98. The van der Waals surface area contributed by atoms with E-state index in [1.54, 1.807) is 12.5 Å². The molecule has 1 aromatic heterocycles. The molecule has 96 valence electrons. The molecule has 2 atom stereocenters. The lowest BCUT2D eigenvalue weighted by molar-refractivity contribution is 0.184. The first-order chi connectivity index (χ1) is 8.24. The number of nitrogens with two attached hydrogens (primary N) is 1. The van der Waals surface area contributed by atoms with Gasteiger partial charge in [-0.25, -0.2) is 9.97 Å². The van der Waals surface area contributed by atoms with Gasteiger partial charge in [-0.15, -0.1) is 0 Å². The van der Waals surface area contributed by atoms with Crippen LogP contribution in [-0.4, -0.2) is 46.5 Å². The Morgan fingerprint density at radius 1 is 1.53 bits per heavy atom. The third kappa shape index (κ3) is 3.94. The van der Waals surface area contributed by atoms with E-state index in [2.05, 4.69) is 35.1 Å². The molecule has 0 aliphatic rings. The van der Waals surface area contributed by atoms with Crippen molar-refractivity contribution in [3.8, 4) is 0 Å². The lowest BCUT2D eigenvalue weighted by atomic mass is 10.1. The predicted molar refractivity (Wildman–Crippen MR) is 74.1 cm³/mol. The molecule has 0 aliphatic heterocycles. The molecule has 5 heteroatoms. The number of rotatable bonds is 7. The summed E-state index contributed by atoms with van der Waals surface area (Å²) < 4.78 is 0. The first-order valence-corrected chi connectivity index (χ1v) is 7.30. The molecule has 2 N–H and O–H groups in total. The minimum absolute atomic E-state index is 0.176. The highest BCUT2D eigenvalue weighted by atomic mass is 32.2. The normalized spacial score (nSPS) is 14.9. The number of hydrogen-bond acceptors (Lipinski definition) is 5. The molecule has 0 spiro atoms. The van der Waals surface area contributed by atoms with Crippen molar-refractivity contribution in [1.29, 1.82) is 0 Å². The monoisotopic (exact) mass is 254 g/mol. The highest BCUT2D eigenvalue weighted by Gasteiger charge is 2.22. The van der Waals surface area contributed by atoms with Gasteiger partial charge in [0.25, 0.3) is 0 Å². The summed E-state index contributed by atoms with van der Waals surface area (Å²) in [4.78, 5) is 10.6.